The van der Waals surface area contributed by atoms with Crippen molar-refractivity contribution in [2.24, 2.45) is 11.0 Å². The van der Waals surface area contributed by atoms with Crippen LogP contribution in [0.3, 0.4) is 0 Å². The highest BCUT2D eigenvalue weighted by molar-refractivity contribution is 5.94. The molecule has 20 heavy (non-hydrogen) atoms. The highest BCUT2D eigenvalue weighted by Crippen LogP contribution is 2.15. The standard InChI is InChI=1S/C16H20N2O2/c1-2-20-15-10-8-14(9-11-15)16(19)18-17-12-13-6-4-3-5-7-13/h3-4,8-13H,2,5-7H2,1H3,(H,18,19)/b17-12+. The van der Waals surface area contributed by atoms with Crippen molar-refractivity contribution in [2.75, 3.05) is 6.61 Å². The fraction of sp³-hybridized carbons (Fsp3) is 0.375. The smallest absolute Gasteiger partial charge is 0.271 e. The molecule has 1 aliphatic rings. The predicted octanol–water partition coefficient (Wildman–Crippen LogP) is 3.16. The van der Waals surface area contributed by atoms with Gasteiger partial charge in [0.1, 0.15) is 5.75 Å². The molecule has 0 saturated carbocycles. The summed E-state index contributed by atoms with van der Waals surface area (Å²) in [5.41, 5.74) is 3.14. The number of nitrogens with zero attached hydrogens (tertiary/aromatic N) is 1. The van der Waals surface area contributed by atoms with Crippen molar-refractivity contribution >= 4 is 12.1 Å². The molecule has 0 aliphatic heterocycles. The van der Waals surface area contributed by atoms with Crippen molar-refractivity contribution in [3.05, 3.63) is 42.0 Å². The fourth-order valence-corrected chi connectivity index (χ4v) is 2.09. The van der Waals surface area contributed by atoms with Gasteiger partial charge in [-0.3, -0.25) is 4.79 Å². The lowest BCUT2D eigenvalue weighted by molar-refractivity contribution is 0.0955. The molecule has 0 bridgehead atoms. The van der Waals surface area contributed by atoms with Gasteiger partial charge in [-0.1, -0.05) is 12.2 Å². The van der Waals surface area contributed by atoms with E-state index in [1.165, 1.54) is 0 Å². The summed E-state index contributed by atoms with van der Waals surface area (Å²) in [7, 11) is 0. The lowest BCUT2D eigenvalue weighted by Crippen LogP contribution is -2.18. The number of benzene rings is 1. The summed E-state index contributed by atoms with van der Waals surface area (Å²) in [6, 6.07) is 7.04. The quantitative estimate of drug-likeness (QED) is 0.508. The van der Waals surface area contributed by atoms with Crippen molar-refractivity contribution in [1.29, 1.82) is 0 Å². The Kier molecular flexibility index (Phi) is 5.35. The molecule has 1 N–H and O–H groups in total. The number of hydrogen-bond donors (Lipinski definition) is 1. The van der Waals surface area contributed by atoms with Gasteiger partial charge in [0, 0.05) is 11.8 Å². The largest absolute Gasteiger partial charge is 0.494 e. The van der Waals surface area contributed by atoms with Crippen LogP contribution in [0.4, 0.5) is 0 Å². The number of carbonyl (C=O) groups is 1. The molecule has 1 aromatic rings. The molecule has 0 fully saturated rings. The van der Waals surface area contributed by atoms with Gasteiger partial charge in [0.15, 0.2) is 0 Å². The monoisotopic (exact) mass is 272 g/mol. The van der Waals surface area contributed by atoms with Crippen LogP contribution in [-0.4, -0.2) is 18.7 Å². The zero-order chi connectivity index (χ0) is 14.2. The van der Waals surface area contributed by atoms with Crippen molar-refractivity contribution in [3.8, 4) is 5.75 Å². The second kappa shape index (κ2) is 7.48. The Morgan fingerprint density at radius 1 is 1.40 bits per heavy atom. The molecule has 4 nitrogen and oxygen atoms in total. The van der Waals surface area contributed by atoms with Gasteiger partial charge in [-0.15, -0.1) is 0 Å². The third kappa shape index (κ3) is 4.23. The Labute approximate surface area is 119 Å². The van der Waals surface area contributed by atoms with E-state index in [1.54, 1.807) is 24.3 Å². The number of hydrogen-bond acceptors (Lipinski definition) is 3. The Balaban J connectivity index is 1.84. The maximum Gasteiger partial charge on any atom is 0.271 e. The zero-order valence-corrected chi connectivity index (χ0v) is 11.7. The second-order valence-corrected chi connectivity index (χ2v) is 4.72. The van der Waals surface area contributed by atoms with Gasteiger partial charge in [0.25, 0.3) is 5.91 Å². The van der Waals surface area contributed by atoms with E-state index >= 15 is 0 Å². The average molecular weight is 272 g/mol. The highest BCUT2D eigenvalue weighted by atomic mass is 16.5. The molecule has 2 rings (SSSR count). The van der Waals surface area contributed by atoms with Crippen LogP contribution >= 0.6 is 0 Å². The lowest BCUT2D eigenvalue weighted by atomic mass is 9.96. The summed E-state index contributed by atoms with van der Waals surface area (Å²) in [5, 5.41) is 4.04. The minimum Gasteiger partial charge on any atom is -0.494 e. The van der Waals surface area contributed by atoms with E-state index in [0.29, 0.717) is 18.1 Å². The number of allylic oxidation sites excluding steroid dienone is 2. The summed E-state index contributed by atoms with van der Waals surface area (Å²) in [4.78, 5) is 11.9. The minimum absolute atomic E-state index is 0.198. The first-order valence-corrected chi connectivity index (χ1v) is 7.01. The van der Waals surface area contributed by atoms with Crippen LogP contribution in [0.15, 0.2) is 41.5 Å². The summed E-state index contributed by atoms with van der Waals surface area (Å²) in [6.45, 7) is 2.54. The van der Waals surface area contributed by atoms with Crippen molar-refractivity contribution in [2.45, 2.75) is 26.2 Å². The van der Waals surface area contributed by atoms with Crippen molar-refractivity contribution < 1.29 is 9.53 Å². The van der Waals surface area contributed by atoms with E-state index in [1.807, 2.05) is 13.1 Å². The van der Waals surface area contributed by atoms with Gasteiger partial charge in [0.2, 0.25) is 0 Å². The molecule has 0 spiro atoms. The van der Waals surface area contributed by atoms with Crippen LogP contribution in [-0.2, 0) is 0 Å². The Morgan fingerprint density at radius 3 is 2.85 bits per heavy atom. The molecular formula is C16H20N2O2. The second-order valence-electron chi connectivity index (χ2n) is 4.72. The zero-order valence-electron chi connectivity index (χ0n) is 11.7. The van der Waals surface area contributed by atoms with E-state index in [9.17, 15) is 4.79 Å². The van der Waals surface area contributed by atoms with Gasteiger partial charge in [-0.05, 0) is 56.4 Å². The Morgan fingerprint density at radius 2 is 2.20 bits per heavy atom. The molecule has 1 aliphatic carbocycles. The first kappa shape index (κ1) is 14.3. The van der Waals surface area contributed by atoms with Crippen LogP contribution in [0.1, 0.15) is 36.5 Å². The molecule has 1 amide bonds. The number of rotatable bonds is 5. The van der Waals surface area contributed by atoms with Gasteiger partial charge in [0.05, 0.1) is 6.61 Å². The Hall–Kier alpha value is -2.10. The molecule has 0 saturated heterocycles. The number of amides is 1. The topological polar surface area (TPSA) is 50.7 Å². The predicted molar refractivity (Wildman–Crippen MR) is 80.1 cm³/mol. The summed E-state index contributed by atoms with van der Waals surface area (Å²) < 4.78 is 5.33. The van der Waals surface area contributed by atoms with Crippen molar-refractivity contribution in [3.63, 3.8) is 0 Å². The van der Waals surface area contributed by atoms with E-state index < -0.39 is 0 Å². The van der Waals surface area contributed by atoms with Crippen LogP contribution in [0.2, 0.25) is 0 Å². The van der Waals surface area contributed by atoms with Crippen molar-refractivity contribution in [1.82, 2.24) is 5.43 Å². The molecule has 1 unspecified atom stereocenters. The summed E-state index contributed by atoms with van der Waals surface area (Å²) >= 11 is 0. The molecule has 0 heterocycles. The minimum atomic E-state index is -0.198. The molecule has 1 atom stereocenters. The summed E-state index contributed by atoms with van der Waals surface area (Å²) in [5.74, 6) is 0.998. The third-order valence-electron chi connectivity index (χ3n) is 3.19. The van der Waals surface area contributed by atoms with Crippen LogP contribution in [0.5, 0.6) is 5.75 Å². The van der Waals surface area contributed by atoms with Gasteiger partial charge in [-0.2, -0.15) is 5.10 Å². The third-order valence-corrected chi connectivity index (χ3v) is 3.19. The molecule has 0 radical (unpaired) electrons. The summed E-state index contributed by atoms with van der Waals surface area (Å²) in [6.07, 6.45) is 9.36. The van der Waals surface area contributed by atoms with E-state index in [2.05, 4.69) is 22.7 Å². The SMILES string of the molecule is CCOc1ccc(C(=O)N/N=C/C2CC=CCC2)cc1. The number of ether oxygens (including phenoxy) is 1. The highest BCUT2D eigenvalue weighted by Gasteiger charge is 2.07. The molecule has 0 aromatic heterocycles. The normalized spacial score (nSPS) is 18.1. The maximum absolute atomic E-state index is 11.9. The van der Waals surface area contributed by atoms with Gasteiger partial charge in [-0.25, -0.2) is 5.43 Å². The molecular weight excluding hydrogens is 252 g/mol. The maximum atomic E-state index is 11.9. The number of carbonyl (C=O) groups excluding carboxylic acids is 1. The van der Waals surface area contributed by atoms with Crippen LogP contribution in [0.25, 0.3) is 0 Å². The molecule has 106 valence electrons. The van der Waals surface area contributed by atoms with E-state index in [0.717, 1.165) is 25.0 Å². The molecule has 1 aromatic carbocycles. The average Bonchev–Trinajstić information content (AvgIpc) is 2.49. The number of nitrogens with one attached hydrogen (secondary N) is 1. The first-order chi connectivity index (χ1) is 9.79. The van der Waals surface area contributed by atoms with Crippen LogP contribution in [0, 0.1) is 5.92 Å². The number of hydrazone groups is 1. The van der Waals surface area contributed by atoms with E-state index in [4.69, 9.17) is 4.74 Å². The Bertz CT molecular complexity index is 492. The van der Waals surface area contributed by atoms with Gasteiger partial charge >= 0.3 is 0 Å². The van der Waals surface area contributed by atoms with Crippen LogP contribution < -0.4 is 10.2 Å². The van der Waals surface area contributed by atoms with Gasteiger partial charge < -0.3 is 4.74 Å². The first-order valence-electron chi connectivity index (χ1n) is 7.01. The van der Waals surface area contributed by atoms with E-state index in [-0.39, 0.29) is 5.91 Å². The lowest BCUT2D eigenvalue weighted by Gasteiger charge is -2.11. The molecule has 4 heteroatoms. The fourth-order valence-electron chi connectivity index (χ4n) is 2.09.